The van der Waals surface area contributed by atoms with Crippen molar-refractivity contribution in [3.63, 3.8) is 0 Å². The highest BCUT2D eigenvalue weighted by molar-refractivity contribution is 5.94. The second-order valence-corrected chi connectivity index (χ2v) is 6.98. The minimum absolute atomic E-state index is 0.0110. The Balaban J connectivity index is 1.46. The van der Waals surface area contributed by atoms with Crippen molar-refractivity contribution >= 4 is 5.91 Å². The van der Waals surface area contributed by atoms with Crippen molar-refractivity contribution < 1.29 is 14.6 Å². The number of aliphatic hydroxyl groups is 1. The molecule has 0 aliphatic heterocycles. The Bertz CT molecular complexity index is 561. The van der Waals surface area contributed by atoms with Crippen LogP contribution in [0.3, 0.4) is 0 Å². The quantitative estimate of drug-likeness (QED) is 0.787. The van der Waals surface area contributed by atoms with Gasteiger partial charge < -0.3 is 15.2 Å². The van der Waals surface area contributed by atoms with Gasteiger partial charge in [0.1, 0.15) is 5.75 Å². The van der Waals surface area contributed by atoms with Gasteiger partial charge in [0.25, 0.3) is 5.91 Å². The van der Waals surface area contributed by atoms with Crippen molar-refractivity contribution in [2.45, 2.75) is 44.6 Å². The lowest BCUT2D eigenvalue weighted by Gasteiger charge is -2.21. The molecule has 0 radical (unpaired) electrons. The van der Waals surface area contributed by atoms with Gasteiger partial charge in [0, 0.05) is 24.1 Å². The van der Waals surface area contributed by atoms with Crippen LogP contribution in [-0.4, -0.2) is 30.3 Å². The zero-order chi connectivity index (χ0) is 16.8. The van der Waals surface area contributed by atoms with E-state index in [2.05, 4.69) is 5.32 Å². The Labute approximate surface area is 143 Å². The first-order chi connectivity index (χ1) is 11.7. The first kappa shape index (κ1) is 17.0. The monoisotopic (exact) mass is 329 g/mol. The lowest BCUT2D eigenvalue weighted by atomic mass is 9.90. The number of ether oxygens (including phenoxy) is 1. The molecule has 1 fully saturated rings. The van der Waals surface area contributed by atoms with Gasteiger partial charge in [-0.05, 0) is 49.4 Å². The Morgan fingerprint density at radius 1 is 1.12 bits per heavy atom. The van der Waals surface area contributed by atoms with Crippen LogP contribution in [-0.2, 0) is 0 Å². The van der Waals surface area contributed by atoms with E-state index >= 15 is 0 Å². The number of hydrogen-bond donors (Lipinski definition) is 2. The predicted molar refractivity (Wildman–Crippen MR) is 94.1 cm³/mol. The molecule has 4 nitrogen and oxygen atoms in total. The zero-order valence-corrected chi connectivity index (χ0v) is 14.1. The van der Waals surface area contributed by atoms with E-state index in [-0.39, 0.29) is 24.5 Å². The molecule has 2 N–H and O–H groups in total. The van der Waals surface area contributed by atoms with E-state index in [1.807, 2.05) is 36.4 Å². The first-order valence-electron chi connectivity index (χ1n) is 9.07. The van der Waals surface area contributed by atoms with Crippen molar-refractivity contribution in [1.29, 1.82) is 0 Å². The lowest BCUT2D eigenvalue weighted by molar-refractivity contribution is 0.0941. The summed E-state index contributed by atoms with van der Waals surface area (Å²) in [5.74, 6) is 1.58. The fraction of sp³-hybridized carbons (Fsp3) is 0.550. The molecule has 1 aromatic rings. The minimum atomic E-state index is -0.0814. The van der Waals surface area contributed by atoms with Crippen LogP contribution in [0.4, 0.5) is 0 Å². The lowest BCUT2D eigenvalue weighted by Crippen LogP contribution is -2.32. The van der Waals surface area contributed by atoms with Gasteiger partial charge in [0.05, 0.1) is 6.61 Å². The van der Waals surface area contributed by atoms with E-state index in [0.29, 0.717) is 11.5 Å². The van der Waals surface area contributed by atoms with Crippen molar-refractivity contribution in [2.75, 3.05) is 13.2 Å². The third kappa shape index (κ3) is 4.60. The normalized spacial score (nSPS) is 24.0. The highest BCUT2D eigenvalue weighted by Crippen LogP contribution is 2.25. The molecule has 0 unspecified atom stereocenters. The van der Waals surface area contributed by atoms with Gasteiger partial charge in [-0.25, -0.2) is 0 Å². The number of rotatable bonds is 6. The number of carbonyl (C=O) groups is 1. The van der Waals surface area contributed by atoms with Crippen LogP contribution in [0.5, 0.6) is 5.75 Å². The van der Waals surface area contributed by atoms with E-state index in [9.17, 15) is 4.79 Å². The van der Waals surface area contributed by atoms with E-state index in [4.69, 9.17) is 9.84 Å². The summed E-state index contributed by atoms with van der Waals surface area (Å²) in [5.41, 5.74) is 0.640. The van der Waals surface area contributed by atoms with E-state index in [1.165, 1.54) is 32.1 Å². The smallest absolute Gasteiger partial charge is 0.251 e. The summed E-state index contributed by atoms with van der Waals surface area (Å²) in [4.78, 5) is 12.3. The first-order valence-corrected chi connectivity index (χ1v) is 9.07. The summed E-state index contributed by atoms with van der Waals surface area (Å²) in [6.45, 7) is 0.914. The zero-order valence-electron chi connectivity index (χ0n) is 14.1. The van der Waals surface area contributed by atoms with Crippen molar-refractivity contribution in [3.8, 4) is 5.75 Å². The van der Waals surface area contributed by atoms with Crippen LogP contribution >= 0.6 is 0 Å². The highest BCUT2D eigenvalue weighted by Gasteiger charge is 2.20. The molecular weight excluding hydrogens is 302 g/mol. The third-order valence-corrected chi connectivity index (χ3v) is 5.05. The molecule has 0 bridgehead atoms. The van der Waals surface area contributed by atoms with Crippen molar-refractivity contribution in [1.82, 2.24) is 5.32 Å². The van der Waals surface area contributed by atoms with Crippen LogP contribution in [0.2, 0.25) is 0 Å². The van der Waals surface area contributed by atoms with Gasteiger partial charge in [0.2, 0.25) is 0 Å². The van der Waals surface area contributed by atoms with E-state index < -0.39 is 0 Å². The van der Waals surface area contributed by atoms with Crippen molar-refractivity contribution in [3.05, 3.63) is 42.0 Å². The van der Waals surface area contributed by atoms with E-state index in [1.54, 1.807) is 0 Å². The molecule has 3 rings (SSSR count). The third-order valence-electron chi connectivity index (χ3n) is 5.05. The molecule has 0 aromatic heterocycles. The molecule has 1 saturated carbocycles. The second-order valence-electron chi connectivity index (χ2n) is 6.98. The minimum Gasteiger partial charge on any atom is -0.493 e. The van der Waals surface area contributed by atoms with Gasteiger partial charge in [-0.3, -0.25) is 4.79 Å². The van der Waals surface area contributed by atoms with E-state index in [0.717, 1.165) is 18.8 Å². The average Bonchev–Trinajstić information content (AvgIpc) is 3.09. The molecule has 130 valence electrons. The molecular formula is C20H27NO3. The highest BCUT2D eigenvalue weighted by atomic mass is 16.5. The second kappa shape index (κ2) is 8.34. The fourth-order valence-corrected chi connectivity index (χ4v) is 3.54. The Morgan fingerprint density at radius 2 is 1.88 bits per heavy atom. The molecule has 1 aromatic carbocycles. The van der Waals surface area contributed by atoms with Crippen LogP contribution < -0.4 is 10.1 Å². The summed E-state index contributed by atoms with van der Waals surface area (Å²) in [6.07, 6.45) is 11.2. The summed E-state index contributed by atoms with van der Waals surface area (Å²) in [6, 6.07) is 7.38. The number of hydrogen-bond acceptors (Lipinski definition) is 3. The molecule has 2 atom stereocenters. The molecule has 0 heterocycles. The standard InChI is InChI=1S/C20H27NO3/c22-13-16-6-9-18(12-16)21-20(23)17-7-10-19(11-8-17)24-14-15-4-2-1-3-5-15/h6-11,15-16,18,22H,1-5,12-14H2,(H,21,23)/t16-,18+/m0/s1. The summed E-state index contributed by atoms with van der Waals surface area (Å²) >= 11 is 0. The SMILES string of the molecule is O=C(N[C@@H]1C=C[C@H](CO)C1)c1ccc(OCC2CCCCC2)cc1. The molecule has 1 amide bonds. The van der Waals surface area contributed by atoms with Crippen LogP contribution in [0.15, 0.2) is 36.4 Å². The average molecular weight is 329 g/mol. The number of benzene rings is 1. The van der Waals surface area contributed by atoms with Gasteiger partial charge in [0.15, 0.2) is 0 Å². The summed E-state index contributed by atoms with van der Waals surface area (Å²) in [7, 11) is 0. The van der Waals surface area contributed by atoms with Gasteiger partial charge in [-0.15, -0.1) is 0 Å². The Hall–Kier alpha value is -1.81. The van der Waals surface area contributed by atoms with Crippen molar-refractivity contribution in [2.24, 2.45) is 11.8 Å². The number of aliphatic hydroxyl groups excluding tert-OH is 1. The summed E-state index contributed by atoms with van der Waals surface area (Å²) in [5, 5.41) is 12.1. The van der Waals surface area contributed by atoms with Crippen LogP contribution in [0.25, 0.3) is 0 Å². The topological polar surface area (TPSA) is 58.6 Å². The Morgan fingerprint density at radius 3 is 2.54 bits per heavy atom. The van der Waals surface area contributed by atoms with Crippen LogP contribution in [0.1, 0.15) is 48.9 Å². The molecule has 4 heteroatoms. The maximum absolute atomic E-state index is 12.3. The van der Waals surface area contributed by atoms with Gasteiger partial charge in [-0.2, -0.15) is 0 Å². The molecule has 2 aliphatic rings. The Kier molecular flexibility index (Phi) is 5.91. The van der Waals surface area contributed by atoms with Gasteiger partial charge in [-0.1, -0.05) is 31.4 Å². The number of carbonyl (C=O) groups excluding carboxylic acids is 1. The molecule has 0 saturated heterocycles. The largest absolute Gasteiger partial charge is 0.493 e. The summed E-state index contributed by atoms with van der Waals surface area (Å²) < 4.78 is 5.87. The maximum Gasteiger partial charge on any atom is 0.251 e. The number of amides is 1. The number of nitrogens with one attached hydrogen (secondary N) is 1. The fourth-order valence-electron chi connectivity index (χ4n) is 3.54. The predicted octanol–water partition coefficient (Wildman–Crippen LogP) is 3.31. The molecule has 2 aliphatic carbocycles. The molecule has 24 heavy (non-hydrogen) atoms. The maximum atomic E-state index is 12.3. The molecule has 0 spiro atoms. The van der Waals surface area contributed by atoms with Gasteiger partial charge >= 0.3 is 0 Å². The van der Waals surface area contributed by atoms with Crippen LogP contribution in [0, 0.1) is 11.8 Å².